The lowest BCUT2D eigenvalue weighted by Gasteiger charge is -2.42. The normalized spacial score (nSPS) is 24.0. The first-order chi connectivity index (χ1) is 27.1. The molecule has 6 heterocycles. The first-order valence-corrected chi connectivity index (χ1v) is 20.2. The van der Waals surface area contributed by atoms with Gasteiger partial charge >= 0.3 is 6.03 Å². The van der Waals surface area contributed by atoms with Crippen molar-refractivity contribution in [2.24, 2.45) is 5.92 Å². The molecule has 6 aliphatic heterocycles. The number of imide groups is 2. The van der Waals surface area contributed by atoms with E-state index in [-0.39, 0.29) is 30.8 Å². The van der Waals surface area contributed by atoms with Gasteiger partial charge in [-0.25, -0.2) is 4.79 Å². The standard InChI is InChI=1S/C42H53N7O7/c1-44-25-32(34-6-4-5-14-48(34)42(44)54)28-22-36(55-2)33(37(23-28)56-3)26-46-20-18-45(19-21-46)15-11-27-12-16-47(17-13-27)29-7-8-30-31(24-29)41(53)49(40(30)52)35-9-10-38(50)43-39(35)51/h7-8,22-25,27,34-35H,4-6,9-21,26H2,1-3H3,(H,43,50,51). The van der Waals surface area contributed by atoms with Gasteiger partial charge in [0.05, 0.1) is 37.0 Å². The number of amides is 6. The van der Waals surface area contributed by atoms with Crippen molar-refractivity contribution in [3.8, 4) is 11.5 Å². The Kier molecular flexibility index (Phi) is 10.8. The van der Waals surface area contributed by atoms with Gasteiger partial charge in [-0.2, -0.15) is 0 Å². The highest BCUT2D eigenvalue weighted by Gasteiger charge is 2.45. The third kappa shape index (κ3) is 7.24. The van der Waals surface area contributed by atoms with Crippen LogP contribution in [0.3, 0.4) is 0 Å². The van der Waals surface area contributed by atoms with Crippen molar-refractivity contribution in [1.29, 1.82) is 0 Å². The number of carbonyl (C=O) groups excluding carboxylic acids is 5. The smallest absolute Gasteiger partial charge is 0.324 e. The Hall–Kier alpha value is -4.95. The molecular formula is C42H53N7O7. The van der Waals surface area contributed by atoms with Crippen LogP contribution in [0.15, 0.2) is 36.5 Å². The maximum absolute atomic E-state index is 13.3. The Labute approximate surface area is 328 Å². The summed E-state index contributed by atoms with van der Waals surface area (Å²) in [6, 6.07) is 8.79. The zero-order valence-electron chi connectivity index (χ0n) is 32.8. The summed E-state index contributed by atoms with van der Waals surface area (Å²) in [4.78, 5) is 75.5. The van der Waals surface area contributed by atoms with Crippen molar-refractivity contribution in [3.63, 3.8) is 0 Å². The molecule has 0 saturated carbocycles. The molecule has 2 atom stereocenters. The second kappa shape index (κ2) is 15.9. The van der Waals surface area contributed by atoms with Crippen LogP contribution in [-0.4, -0.2) is 140 Å². The van der Waals surface area contributed by atoms with Gasteiger partial charge in [-0.3, -0.25) is 34.3 Å². The van der Waals surface area contributed by atoms with Gasteiger partial charge in [0, 0.05) is 77.7 Å². The average molecular weight is 768 g/mol. The van der Waals surface area contributed by atoms with Crippen molar-refractivity contribution >= 4 is 40.9 Å². The zero-order chi connectivity index (χ0) is 39.1. The predicted molar refractivity (Wildman–Crippen MR) is 209 cm³/mol. The molecule has 2 aromatic rings. The van der Waals surface area contributed by atoms with Crippen molar-refractivity contribution in [3.05, 3.63) is 58.8 Å². The Morgan fingerprint density at radius 1 is 0.750 bits per heavy atom. The molecule has 0 radical (unpaired) electrons. The Bertz CT molecular complexity index is 1910. The molecule has 14 heteroatoms. The molecule has 2 unspecified atom stereocenters. The molecule has 0 aliphatic carbocycles. The van der Waals surface area contributed by atoms with E-state index in [1.54, 1.807) is 31.3 Å². The fourth-order valence-electron chi connectivity index (χ4n) is 9.51. The van der Waals surface area contributed by atoms with E-state index < -0.39 is 23.8 Å². The number of anilines is 1. The number of piperidine rings is 3. The molecule has 14 nitrogen and oxygen atoms in total. The molecule has 4 fully saturated rings. The first kappa shape index (κ1) is 37.9. The summed E-state index contributed by atoms with van der Waals surface area (Å²) in [6.07, 6.45) is 8.59. The summed E-state index contributed by atoms with van der Waals surface area (Å²) in [6.45, 7) is 8.27. The number of nitrogens with one attached hydrogen (secondary N) is 1. The highest BCUT2D eigenvalue weighted by Crippen LogP contribution is 2.40. The van der Waals surface area contributed by atoms with Crippen LogP contribution in [0.5, 0.6) is 11.5 Å². The summed E-state index contributed by atoms with van der Waals surface area (Å²) in [5.41, 5.74) is 4.76. The van der Waals surface area contributed by atoms with Gasteiger partial charge in [-0.05, 0) is 98.9 Å². The van der Waals surface area contributed by atoms with E-state index in [0.29, 0.717) is 17.0 Å². The molecule has 2 aromatic carbocycles. The lowest BCUT2D eigenvalue weighted by molar-refractivity contribution is -0.136. The van der Waals surface area contributed by atoms with Crippen LogP contribution in [0.4, 0.5) is 10.5 Å². The number of ether oxygens (including phenoxy) is 2. The molecule has 4 saturated heterocycles. The topological polar surface area (TPSA) is 135 Å². The quantitative estimate of drug-likeness (QED) is 0.356. The number of hydrogen-bond acceptors (Lipinski definition) is 10. The van der Waals surface area contributed by atoms with Gasteiger partial charge in [0.25, 0.3) is 11.8 Å². The number of methoxy groups -OCH3 is 2. The number of rotatable bonds is 10. The summed E-state index contributed by atoms with van der Waals surface area (Å²) < 4.78 is 11.9. The second-order valence-electron chi connectivity index (χ2n) is 16.1. The number of hydrogen-bond donors (Lipinski definition) is 1. The maximum Gasteiger partial charge on any atom is 0.324 e. The number of urea groups is 1. The van der Waals surface area contributed by atoms with Crippen molar-refractivity contribution in [2.75, 3.05) is 78.5 Å². The fraction of sp³-hybridized carbons (Fsp3) is 0.548. The molecule has 0 spiro atoms. The van der Waals surface area contributed by atoms with Crippen molar-refractivity contribution in [2.45, 2.75) is 70.0 Å². The number of piperazine rings is 1. The summed E-state index contributed by atoms with van der Waals surface area (Å²) >= 11 is 0. The Balaban J connectivity index is 0.820. The van der Waals surface area contributed by atoms with Crippen LogP contribution in [0.1, 0.15) is 83.2 Å². The number of nitrogens with zero attached hydrogens (tertiary/aromatic N) is 6. The molecule has 8 rings (SSSR count). The third-order valence-corrected chi connectivity index (χ3v) is 12.8. The van der Waals surface area contributed by atoms with Crippen LogP contribution in [0.25, 0.3) is 5.57 Å². The molecule has 298 valence electrons. The van der Waals surface area contributed by atoms with Crippen LogP contribution in [0.2, 0.25) is 0 Å². The summed E-state index contributed by atoms with van der Waals surface area (Å²) in [5, 5.41) is 2.25. The molecule has 6 aliphatic rings. The van der Waals surface area contributed by atoms with Gasteiger partial charge in [0.1, 0.15) is 17.5 Å². The van der Waals surface area contributed by atoms with E-state index in [1.165, 1.54) is 0 Å². The SMILES string of the molecule is COc1cc(C2=CN(C)C(=O)N3CCCCC23)cc(OC)c1CN1CCN(CCC2CCN(c3ccc4c(c3)C(=O)N(C3CCC(=O)NC3=O)C4=O)CC2)CC1. The highest BCUT2D eigenvalue weighted by molar-refractivity contribution is 6.23. The van der Waals surface area contributed by atoms with Gasteiger partial charge in [0.15, 0.2) is 0 Å². The lowest BCUT2D eigenvalue weighted by Crippen LogP contribution is -2.54. The largest absolute Gasteiger partial charge is 0.496 e. The van der Waals surface area contributed by atoms with E-state index in [1.807, 2.05) is 24.2 Å². The van der Waals surface area contributed by atoms with Gasteiger partial charge in [-0.15, -0.1) is 0 Å². The zero-order valence-corrected chi connectivity index (χ0v) is 32.8. The molecule has 0 aromatic heterocycles. The highest BCUT2D eigenvalue weighted by atomic mass is 16.5. The van der Waals surface area contributed by atoms with Crippen LogP contribution in [0, 0.1) is 5.92 Å². The van der Waals surface area contributed by atoms with Crippen molar-refractivity contribution < 1.29 is 33.4 Å². The molecule has 1 N–H and O–H groups in total. The third-order valence-electron chi connectivity index (χ3n) is 12.8. The molecule has 56 heavy (non-hydrogen) atoms. The number of benzene rings is 2. The minimum absolute atomic E-state index is 0.0632. The molecular weight excluding hydrogens is 715 g/mol. The van der Waals surface area contributed by atoms with Gasteiger partial charge < -0.3 is 29.1 Å². The van der Waals surface area contributed by atoms with Gasteiger partial charge in [-0.1, -0.05) is 0 Å². The summed E-state index contributed by atoms with van der Waals surface area (Å²) in [5.74, 6) is 0.316. The van der Waals surface area contributed by atoms with E-state index in [2.05, 4.69) is 32.1 Å². The van der Waals surface area contributed by atoms with E-state index in [0.717, 1.165) is 136 Å². The van der Waals surface area contributed by atoms with Gasteiger partial charge in [0.2, 0.25) is 11.8 Å². The van der Waals surface area contributed by atoms with Crippen LogP contribution >= 0.6 is 0 Å². The monoisotopic (exact) mass is 767 g/mol. The second-order valence-corrected chi connectivity index (χ2v) is 16.1. The van der Waals surface area contributed by atoms with Crippen LogP contribution < -0.4 is 19.7 Å². The minimum Gasteiger partial charge on any atom is -0.496 e. The number of fused-ring (bicyclic) bond motifs is 2. The molecule has 0 bridgehead atoms. The first-order valence-electron chi connectivity index (χ1n) is 20.2. The summed E-state index contributed by atoms with van der Waals surface area (Å²) in [7, 11) is 5.26. The van der Waals surface area contributed by atoms with Crippen molar-refractivity contribution in [1.82, 2.24) is 29.8 Å². The number of carbonyl (C=O) groups is 5. The van der Waals surface area contributed by atoms with E-state index >= 15 is 0 Å². The Morgan fingerprint density at radius 3 is 2.14 bits per heavy atom. The minimum atomic E-state index is -0.961. The van der Waals surface area contributed by atoms with E-state index in [4.69, 9.17) is 9.47 Å². The van der Waals surface area contributed by atoms with E-state index in [9.17, 15) is 24.0 Å². The lowest BCUT2D eigenvalue weighted by atomic mass is 9.89. The van der Waals surface area contributed by atoms with Crippen LogP contribution in [-0.2, 0) is 16.1 Å². The maximum atomic E-state index is 13.3. The average Bonchev–Trinajstić information content (AvgIpc) is 3.47. The fourth-order valence-corrected chi connectivity index (χ4v) is 9.51. The Morgan fingerprint density at radius 2 is 1.45 bits per heavy atom. The molecule has 6 amide bonds. The predicted octanol–water partition coefficient (Wildman–Crippen LogP) is 3.79.